The van der Waals surface area contributed by atoms with Crippen LogP contribution >= 0.6 is 0 Å². The molecule has 0 radical (unpaired) electrons. The third-order valence-corrected chi connectivity index (χ3v) is 3.38. The van der Waals surface area contributed by atoms with Crippen LogP contribution in [0.4, 0.5) is 0 Å². The van der Waals surface area contributed by atoms with Crippen molar-refractivity contribution in [1.82, 2.24) is 10.6 Å². The molecule has 2 N–H and O–H groups in total. The number of rotatable bonds is 9. The Morgan fingerprint density at radius 1 is 1.19 bits per heavy atom. The highest BCUT2D eigenvalue weighted by molar-refractivity contribution is 5.94. The van der Waals surface area contributed by atoms with Crippen LogP contribution in [-0.4, -0.2) is 32.1 Å². The van der Waals surface area contributed by atoms with Crippen LogP contribution in [0.5, 0.6) is 11.5 Å². The molecule has 1 aromatic heterocycles. The number of nitrogens with one attached hydrogen (secondary N) is 2. The van der Waals surface area contributed by atoms with Crippen molar-refractivity contribution >= 4 is 17.9 Å². The van der Waals surface area contributed by atoms with Crippen LogP contribution in [-0.2, 0) is 16.1 Å². The molecule has 0 aliphatic rings. The molecule has 0 spiro atoms. The van der Waals surface area contributed by atoms with Crippen molar-refractivity contribution < 1.29 is 23.5 Å². The molecule has 2 amide bonds. The average molecular weight is 358 g/mol. The molecule has 0 fully saturated rings. The minimum atomic E-state index is -0.369. The van der Waals surface area contributed by atoms with Crippen LogP contribution < -0.4 is 20.1 Å². The first-order chi connectivity index (χ1) is 12.6. The Morgan fingerprint density at radius 2 is 2.04 bits per heavy atom. The normalized spacial score (nSPS) is 10.5. The summed E-state index contributed by atoms with van der Waals surface area (Å²) in [6.07, 6.45) is 4.52. The summed E-state index contributed by atoms with van der Waals surface area (Å²) in [5.41, 5.74) is 0.780. The third kappa shape index (κ3) is 6.01. The van der Waals surface area contributed by atoms with Crippen molar-refractivity contribution in [3.63, 3.8) is 0 Å². The average Bonchev–Trinajstić information content (AvgIpc) is 3.17. The van der Waals surface area contributed by atoms with Crippen LogP contribution in [0.3, 0.4) is 0 Å². The predicted octanol–water partition coefficient (Wildman–Crippen LogP) is 2.13. The van der Waals surface area contributed by atoms with E-state index in [0.29, 0.717) is 23.9 Å². The van der Waals surface area contributed by atoms with Crippen LogP contribution in [0.25, 0.3) is 6.08 Å². The van der Waals surface area contributed by atoms with Gasteiger partial charge in [0.1, 0.15) is 5.76 Å². The fourth-order valence-corrected chi connectivity index (χ4v) is 2.12. The zero-order valence-electron chi connectivity index (χ0n) is 14.8. The van der Waals surface area contributed by atoms with Crippen LogP contribution in [0, 0.1) is 0 Å². The standard InChI is InChI=1S/C19H22N2O5/c1-3-25-16-8-6-14(11-17(16)24-2)7-9-18(22)21-13-19(23)20-12-15-5-4-10-26-15/h4-11H,3,12-13H2,1-2H3,(H,20,23)(H,21,22). The fraction of sp³-hybridized carbons (Fsp3) is 0.263. The summed E-state index contributed by atoms with van der Waals surface area (Å²) in [7, 11) is 1.55. The first-order valence-corrected chi connectivity index (χ1v) is 8.18. The van der Waals surface area contributed by atoms with Gasteiger partial charge in [0.15, 0.2) is 11.5 Å². The number of carbonyl (C=O) groups excluding carboxylic acids is 2. The van der Waals surface area contributed by atoms with Crippen molar-refractivity contribution in [2.24, 2.45) is 0 Å². The smallest absolute Gasteiger partial charge is 0.244 e. The molecule has 2 rings (SSSR count). The Balaban J connectivity index is 1.80. The van der Waals surface area contributed by atoms with E-state index in [0.717, 1.165) is 5.56 Å². The van der Waals surface area contributed by atoms with E-state index >= 15 is 0 Å². The van der Waals surface area contributed by atoms with Crippen molar-refractivity contribution in [2.75, 3.05) is 20.3 Å². The van der Waals surface area contributed by atoms with Crippen LogP contribution in [0.1, 0.15) is 18.2 Å². The van der Waals surface area contributed by atoms with Crippen LogP contribution in [0.2, 0.25) is 0 Å². The van der Waals surface area contributed by atoms with E-state index in [1.54, 1.807) is 37.5 Å². The maximum Gasteiger partial charge on any atom is 0.244 e. The quantitative estimate of drug-likeness (QED) is 0.670. The highest BCUT2D eigenvalue weighted by Crippen LogP contribution is 2.28. The Kier molecular flexibility index (Phi) is 7.30. The van der Waals surface area contributed by atoms with Crippen molar-refractivity contribution in [1.29, 1.82) is 0 Å². The Labute approximate surface area is 152 Å². The molecule has 1 aromatic carbocycles. The maximum atomic E-state index is 11.8. The van der Waals surface area contributed by atoms with Gasteiger partial charge in [-0.25, -0.2) is 0 Å². The molecule has 0 unspecified atom stereocenters. The molecule has 0 bridgehead atoms. The maximum absolute atomic E-state index is 11.8. The van der Waals surface area contributed by atoms with E-state index in [9.17, 15) is 9.59 Å². The number of amides is 2. The van der Waals surface area contributed by atoms with E-state index in [-0.39, 0.29) is 24.9 Å². The van der Waals surface area contributed by atoms with Gasteiger partial charge in [-0.3, -0.25) is 9.59 Å². The summed E-state index contributed by atoms with van der Waals surface area (Å²) in [4.78, 5) is 23.5. The first kappa shape index (κ1) is 19.1. The van der Waals surface area contributed by atoms with E-state index in [2.05, 4.69) is 10.6 Å². The lowest BCUT2D eigenvalue weighted by Crippen LogP contribution is -2.35. The molecule has 7 nitrogen and oxygen atoms in total. The lowest BCUT2D eigenvalue weighted by Gasteiger charge is -2.09. The summed E-state index contributed by atoms with van der Waals surface area (Å²) >= 11 is 0. The summed E-state index contributed by atoms with van der Waals surface area (Å²) in [6, 6.07) is 8.86. The van der Waals surface area contributed by atoms with E-state index < -0.39 is 0 Å². The molecule has 1 heterocycles. The fourth-order valence-electron chi connectivity index (χ4n) is 2.12. The van der Waals surface area contributed by atoms with Gasteiger partial charge in [0.05, 0.1) is 33.1 Å². The SMILES string of the molecule is CCOc1ccc(C=CC(=O)NCC(=O)NCc2ccco2)cc1OC. The van der Waals surface area contributed by atoms with Gasteiger partial charge in [-0.05, 0) is 42.8 Å². The van der Waals surface area contributed by atoms with E-state index in [1.807, 2.05) is 13.0 Å². The Hall–Kier alpha value is -3.22. The molecule has 7 heteroatoms. The van der Waals surface area contributed by atoms with Crippen molar-refractivity contribution in [2.45, 2.75) is 13.5 Å². The van der Waals surface area contributed by atoms with Crippen LogP contribution in [0.15, 0.2) is 47.1 Å². The zero-order valence-corrected chi connectivity index (χ0v) is 14.8. The summed E-state index contributed by atoms with van der Waals surface area (Å²) < 4.78 is 15.8. The molecule has 0 atom stereocenters. The summed E-state index contributed by atoms with van der Waals surface area (Å²) in [5, 5.41) is 5.16. The van der Waals surface area contributed by atoms with E-state index in [4.69, 9.17) is 13.9 Å². The minimum Gasteiger partial charge on any atom is -0.493 e. The zero-order chi connectivity index (χ0) is 18.8. The van der Waals surface area contributed by atoms with Crippen molar-refractivity contribution in [3.8, 4) is 11.5 Å². The summed E-state index contributed by atoms with van der Waals surface area (Å²) in [6.45, 7) is 2.60. The number of furan rings is 1. The molecule has 0 aliphatic heterocycles. The second-order valence-electron chi connectivity index (χ2n) is 5.25. The monoisotopic (exact) mass is 358 g/mol. The number of carbonyl (C=O) groups is 2. The second-order valence-corrected chi connectivity index (χ2v) is 5.25. The number of benzene rings is 1. The van der Waals surface area contributed by atoms with Gasteiger partial charge in [-0.15, -0.1) is 0 Å². The first-order valence-electron chi connectivity index (χ1n) is 8.18. The highest BCUT2D eigenvalue weighted by atomic mass is 16.5. The number of hydrogen-bond acceptors (Lipinski definition) is 5. The van der Waals surface area contributed by atoms with Gasteiger partial charge in [-0.2, -0.15) is 0 Å². The van der Waals surface area contributed by atoms with Gasteiger partial charge in [-0.1, -0.05) is 6.07 Å². The second kappa shape index (κ2) is 9.93. The van der Waals surface area contributed by atoms with E-state index in [1.165, 1.54) is 12.3 Å². The molecule has 0 saturated carbocycles. The van der Waals surface area contributed by atoms with Gasteiger partial charge in [0.25, 0.3) is 0 Å². The molecule has 138 valence electrons. The summed E-state index contributed by atoms with van der Waals surface area (Å²) in [5.74, 6) is 1.21. The van der Waals surface area contributed by atoms with Crippen molar-refractivity contribution in [3.05, 3.63) is 54.0 Å². The molecule has 2 aromatic rings. The topological polar surface area (TPSA) is 89.8 Å². The predicted molar refractivity (Wildman–Crippen MR) is 96.8 cm³/mol. The number of ether oxygens (including phenoxy) is 2. The largest absolute Gasteiger partial charge is 0.493 e. The molecule has 0 saturated heterocycles. The van der Waals surface area contributed by atoms with Gasteiger partial charge < -0.3 is 24.5 Å². The van der Waals surface area contributed by atoms with Gasteiger partial charge in [0.2, 0.25) is 11.8 Å². The Morgan fingerprint density at radius 3 is 2.73 bits per heavy atom. The third-order valence-electron chi connectivity index (χ3n) is 3.38. The highest BCUT2D eigenvalue weighted by Gasteiger charge is 2.06. The lowest BCUT2D eigenvalue weighted by atomic mass is 10.2. The molecule has 0 aliphatic carbocycles. The van der Waals surface area contributed by atoms with Gasteiger partial charge >= 0.3 is 0 Å². The molecular formula is C19H22N2O5. The minimum absolute atomic E-state index is 0.115. The number of hydrogen-bond donors (Lipinski definition) is 2. The lowest BCUT2D eigenvalue weighted by molar-refractivity contribution is -0.124. The van der Waals surface area contributed by atoms with Gasteiger partial charge in [0, 0.05) is 6.08 Å². The molecule has 26 heavy (non-hydrogen) atoms. The number of methoxy groups -OCH3 is 1. The Bertz CT molecular complexity index is 753. The molecular weight excluding hydrogens is 336 g/mol.